The van der Waals surface area contributed by atoms with Crippen molar-refractivity contribution in [3.8, 4) is 0 Å². The predicted molar refractivity (Wildman–Crippen MR) is 106 cm³/mol. The minimum Gasteiger partial charge on any atom is -0.361 e. The van der Waals surface area contributed by atoms with E-state index in [1.807, 2.05) is 38.2 Å². The van der Waals surface area contributed by atoms with Gasteiger partial charge in [0.05, 0.1) is 5.41 Å². The number of aromatic amines is 2. The van der Waals surface area contributed by atoms with E-state index < -0.39 is 5.41 Å². The molecule has 4 nitrogen and oxygen atoms in total. The van der Waals surface area contributed by atoms with Crippen LogP contribution < -0.4 is 5.32 Å². The summed E-state index contributed by atoms with van der Waals surface area (Å²) in [5, 5.41) is 5.10. The van der Waals surface area contributed by atoms with Gasteiger partial charge in [0.25, 0.3) is 0 Å². The first-order valence-corrected chi connectivity index (χ1v) is 9.07. The van der Waals surface area contributed by atoms with Crippen molar-refractivity contribution < 1.29 is 9.18 Å². The van der Waals surface area contributed by atoms with Gasteiger partial charge in [-0.15, -0.1) is 0 Å². The van der Waals surface area contributed by atoms with E-state index in [1.54, 1.807) is 12.3 Å². The van der Waals surface area contributed by atoms with Crippen LogP contribution in [-0.4, -0.2) is 22.4 Å². The van der Waals surface area contributed by atoms with Gasteiger partial charge in [0, 0.05) is 40.7 Å². The number of hydrogen-bond acceptors (Lipinski definition) is 1. The lowest BCUT2D eigenvalue weighted by Crippen LogP contribution is -2.40. The number of hydrogen-bond donors (Lipinski definition) is 3. The van der Waals surface area contributed by atoms with Gasteiger partial charge >= 0.3 is 0 Å². The highest BCUT2D eigenvalue weighted by Gasteiger charge is 2.32. The molecule has 0 fully saturated rings. The molecule has 5 heteroatoms. The lowest BCUT2D eigenvalue weighted by Gasteiger charge is -2.23. The largest absolute Gasteiger partial charge is 0.361 e. The molecular formula is C22H22FN3O. The van der Waals surface area contributed by atoms with Gasteiger partial charge in [-0.25, -0.2) is 4.39 Å². The molecule has 0 atom stereocenters. The maximum atomic E-state index is 13.4. The maximum absolute atomic E-state index is 13.4. The van der Waals surface area contributed by atoms with Crippen LogP contribution in [0.4, 0.5) is 4.39 Å². The van der Waals surface area contributed by atoms with E-state index in [0.29, 0.717) is 12.1 Å². The van der Waals surface area contributed by atoms with E-state index in [9.17, 15) is 9.18 Å². The SMILES string of the molecule is CC(C)(C(=O)NCCc1c[nH]c2ccccc12)c1c[nH]c2cc(F)ccc12. The van der Waals surface area contributed by atoms with Crippen LogP contribution in [0.15, 0.2) is 54.9 Å². The van der Waals surface area contributed by atoms with E-state index in [-0.39, 0.29) is 11.7 Å². The van der Waals surface area contributed by atoms with Gasteiger partial charge in [0.1, 0.15) is 5.82 Å². The molecule has 138 valence electrons. The highest BCUT2D eigenvalue weighted by Crippen LogP contribution is 2.31. The summed E-state index contributed by atoms with van der Waals surface area (Å²) in [4.78, 5) is 19.2. The van der Waals surface area contributed by atoms with Crippen molar-refractivity contribution in [2.45, 2.75) is 25.7 Å². The van der Waals surface area contributed by atoms with Gasteiger partial charge in [0.2, 0.25) is 5.91 Å². The third kappa shape index (κ3) is 3.10. The van der Waals surface area contributed by atoms with Crippen molar-refractivity contribution in [3.05, 3.63) is 71.8 Å². The van der Waals surface area contributed by atoms with Gasteiger partial charge in [-0.3, -0.25) is 4.79 Å². The first-order valence-electron chi connectivity index (χ1n) is 9.07. The fourth-order valence-corrected chi connectivity index (χ4v) is 3.61. The molecule has 3 N–H and O–H groups in total. The topological polar surface area (TPSA) is 60.7 Å². The van der Waals surface area contributed by atoms with Crippen molar-refractivity contribution >= 4 is 27.7 Å². The highest BCUT2D eigenvalue weighted by atomic mass is 19.1. The zero-order valence-electron chi connectivity index (χ0n) is 15.4. The van der Waals surface area contributed by atoms with Crippen molar-refractivity contribution in [3.63, 3.8) is 0 Å². The Balaban J connectivity index is 1.48. The Kier molecular flexibility index (Phi) is 4.22. The summed E-state index contributed by atoms with van der Waals surface area (Å²) in [5.74, 6) is -0.343. The average Bonchev–Trinajstić information content (AvgIpc) is 3.26. The number of nitrogens with one attached hydrogen (secondary N) is 3. The molecule has 0 aliphatic carbocycles. The van der Waals surface area contributed by atoms with Gasteiger partial charge in [-0.1, -0.05) is 18.2 Å². The summed E-state index contributed by atoms with van der Waals surface area (Å²) in [6.07, 6.45) is 4.55. The van der Waals surface area contributed by atoms with Gasteiger partial charge in [-0.2, -0.15) is 0 Å². The summed E-state index contributed by atoms with van der Waals surface area (Å²) in [7, 11) is 0. The molecule has 0 radical (unpaired) electrons. The molecule has 27 heavy (non-hydrogen) atoms. The number of halogens is 1. The first-order chi connectivity index (χ1) is 13.0. The number of para-hydroxylation sites is 1. The third-order valence-electron chi connectivity index (χ3n) is 5.24. The number of aromatic nitrogens is 2. The quantitative estimate of drug-likeness (QED) is 0.483. The number of carbonyl (C=O) groups is 1. The Labute approximate surface area is 156 Å². The first kappa shape index (κ1) is 17.3. The smallest absolute Gasteiger partial charge is 0.230 e. The van der Waals surface area contributed by atoms with E-state index in [4.69, 9.17) is 0 Å². The summed E-state index contributed by atoms with van der Waals surface area (Å²) in [6.45, 7) is 4.33. The zero-order chi connectivity index (χ0) is 19.0. The Morgan fingerprint density at radius 2 is 1.81 bits per heavy atom. The minimum atomic E-state index is -0.726. The molecule has 0 spiro atoms. The normalized spacial score (nSPS) is 12.0. The molecule has 0 aliphatic heterocycles. The second-order valence-electron chi connectivity index (χ2n) is 7.38. The molecule has 1 amide bonds. The molecule has 0 saturated heterocycles. The van der Waals surface area contributed by atoms with Crippen LogP contribution in [0, 0.1) is 5.82 Å². The molecule has 0 bridgehead atoms. The van der Waals surface area contributed by atoms with Crippen molar-refractivity contribution in [2.24, 2.45) is 0 Å². The molecule has 2 heterocycles. The van der Waals surface area contributed by atoms with E-state index in [2.05, 4.69) is 21.4 Å². The van der Waals surface area contributed by atoms with E-state index in [1.165, 1.54) is 23.1 Å². The zero-order valence-corrected chi connectivity index (χ0v) is 15.4. The molecule has 0 unspecified atom stereocenters. The van der Waals surface area contributed by atoms with E-state index >= 15 is 0 Å². The van der Waals surface area contributed by atoms with Crippen LogP contribution in [0.5, 0.6) is 0 Å². The van der Waals surface area contributed by atoms with Crippen LogP contribution in [-0.2, 0) is 16.6 Å². The number of H-pyrrole nitrogens is 2. The second kappa shape index (κ2) is 6.58. The number of carbonyl (C=O) groups excluding carboxylic acids is 1. The summed E-state index contributed by atoms with van der Waals surface area (Å²) in [5.41, 5.74) is 3.12. The Hall–Kier alpha value is -3.08. The molecule has 4 aromatic rings. The van der Waals surface area contributed by atoms with Crippen molar-refractivity contribution in [1.82, 2.24) is 15.3 Å². The lowest BCUT2D eigenvalue weighted by atomic mass is 9.83. The average molecular weight is 363 g/mol. The molecule has 0 aliphatic rings. The van der Waals surface area contributed by atoms with Gasteiger partial charge < -0.3 is 15.3 Å². The Morgan fingerprint density at radius 1 is 1.04 bits per heavy atom. The number of amides is 1. The van der Waals surface area contributed by atoms with Crippen LogP contribution in [0.3, 0.4) is 0 Å². The van der Waals surface area contributed by atoms with Crippen LogP contribution >= 0.6 is 0 Å². The fourth-order valence-electron chi connectivity index (χ4n) is 3.61. The fraction of sp³-hybridized carbons (Fsp3) is 0.227. The molecule has 4 rings (SSSR count). The number of benzene rings is 2. The maximum Gasteiger partial charge on any atom is 0.230 e. The monoisotopic (exact) mass is 363 g/mol. The highest BCUT2D eigenvalue weighted by molar-refractivity contribution is 5.94. The third-order valence-corrected chi connectivity index (χ3v) is 5.24. The molecular weight excluding hydrogens is 341 g/mol. The molecule has 2 aromatic carbocycles. The summed E-state index contributed by atoms with van der Waals surface area (Å²) < 4.78 is 13.4. The van der Waals surface area contributed by atoms with Crippen LogP contribution in [0.1, 0.15) is 25.0 Å². The molecule has 0 saturated carbocycles. The van der Waals surface area contributed by atoms with Crippen LogP contribution in [0.25, 0.3) is 21.8 Å². The Bertz CT molecular complexity index is 1120. The lowest BCUT2D eigenvalue weighted by molar-refractivity contribution is -0.125. The molecule has 2 aromatic heterocycles. The van der Waals surface area contributed by atoms with Crippen molar-refractivity contribution in [1.29, 1.82) is 0 Å². The number of fused-ring (bicyclic) bond motifs is 2. The van der Waals surface area contributed by atoms with E-state index in [0.717, 1.165) is 22.9 Å². The van der Waals surface area contributed by atoms with Crippen LogP contribution in [0.2, 0.25) is 0 Å². The van der Waals surface area contributed by atoms with Gasteiger partial charge in [0.15, 0.2) is 0 Å². The minimum absolute atomic E-state index is 0.0485. The standard InChI is InChI=1S/C22H22FN3O/c1-22(2,18-13-26-20-11-15(23)7-8-17(18)20)21(27)24-10-9-14-12-25-19-6-4-3-5-16(14)19/h3-8,11-13,25-26H,9-10H2,1-2H3,(H,24,27). The summed E-state index contributed by atoms with van der Waals surface area (Å²) in [6, 6.07) is 12.7. The van der Waals surface area contributed by atoms with Gasteiger partial charge in [-0.05, 0) is 55.7 Å². The second-order valence-corrected chi connectivity index (χ2v) is 7.38. The Morgan fingerprint density at radius 3 is 2.67 bits per heavy atom. The number of rotatable bonds is 5. The predicted octanol–water partition coefficient (Wildman–Crippen LogP) is 4.42. The summed E-state index contributed by atoms with van der Waals surface area (Å²) >= 11 is 0. The van der Waals surface area contributed by atoms with Crippen molar-refractivity contribution in [2.75, 3.05) is 6.54 Å².